The van der Waals surface area contributed by atoms with Crippen LogP contribution < -0.4 is 0 Å². The van der Waals surface area contributed by atoms with E-state index in [0.717, 1.165) is 24.2 Å². The standard InChI is InChI=1S/C30H48O/c1-24(2)12-13-25(3)14-16-27(5)20-10-11-30-19-29(30,7)23(31)9-8-21(30)26(20,4)15-17-28(27,6)22(25)18-24/h20-22H,8-19H2,1-7H3. The molecule has 6 rings (SSSR count). The van der Waals surface area contributed by atoms with Gasteiger partial charge in [-0.1, -0.05) is 48.5 Å². The zero-order valence-electron chi connectivity index (χ0n) is 21.6. The lowest BCUT2D eigenvalue weighted by atomic mass is 9.31. The van der Waals surface area contributed by atoms with Gasteiger partial charge in [0, 0.05) is 11.8 Å². The molecule has 6 saturated carbocycles. The van der Waals surface area contributed by atoms with Gasteiger partial charge in [0.2, 0.25) is 0 Å². The first-order valence-electron chi connectivity index (χ1n) is 13.8. The lowest BCUT2D eigenvalue weighted by molar-refractivity contribution is -0.248. The highest BCUT2D eigenvalue weighted by Crippen LogP contribution is 2.84. The predicted octanol–water partition coefficient (Wildman–Crippen LogP) is 8.21. The van der Waals surface area contributed by atoms with Gasteiger partial charge in [-0.15, -0.1) is 0 Å². The Bertz CT molecular complexity index is 841. The molecule has 0 aromatic carbocycles. The van der Waals surface area contributed by atoms with Crippen molar-refractivity contribution in [3.05, 3.63) is 0 Å². The Morgan fingerprint density at radius 2 is 1.32 bits per heavy atom. The largest absolute Gasteiger partial charge is 0.299 e. The second kappa shape index (κ2) is 5.66. The van der Waals surface area contributed by atoms with Crippen molar-refractivity contribution >= 4 is 5.78 Å². The third-order valence-electron chi connectivity index (χ3n) is 14.3. The lowest BCUT2D eigenvalue weighted by Gasteiger charge is -2.74. The topological polar surface area (TPSA) is 17.1 Å². The van der Waals surface area contributed by atoms with Gasteiger partial charge in [-0.25, -0.2) is 0 Å². The fraction of sp³-hybridized carbons (Fsp3) is 0.967. The zero-order chi connectivity index (χ0) is 22.3. The first-order chi connectivity index (χ1) is 14.3. The Kier molecular flexibility index (Phi) is 3.87. The number of hydrogen-bond acceptors (Lipinski definition) is 1. The number of carbonyl (C=O) groups excluding carboxylic acids is 1. The van der Waals surface area contributed by atoms with E-state index in [1.165, 1.54) is 70.6 Å². The van der Waals surface area contributed by atoms with Gasteiger partial charge >= 0.3 is 0 Å². The van der Waals surface area contributed by atoms with Crippen LogP contribution in [0.5, 0.6) is 0 Å². The van der Waals surface area contributed by atoms with Gasteiger partial charge in [0.15, 0.2) is 0 Å². The molecule has 31 heavy (non-hydrogen) atoms. The van der Waals surface area contributed by atoms with Crippen LogP contribution in [-0.2, 0) is 4.79 Å². The van der Waals surface area contributed by atoms with Crippen molar-refractivity contribution in [1.82, 2.24) is 0 Å². The van der Waals surface area contributed by atoms with Crippen LogP contribution in [0.15, 0.2) is 0 Å². The minimum absolute atomic E-state index is 0.0457. The maximum atomic E-state index is 12.9. The molecule has 0 heterocycles. The number of hydrogen-bond donors (Lipinski definition) is 0. The Balaban J connectivity index is 1.40. The summed E-state index contributed by atoms with van der Waals surface area (Å²) in [5.41, 5.74) is 2.94. The highest BCUT2D eigenvalue weighted by atomic mass is 16.1. The summed E-state index contributed by atoms with van der Waals surface area (Å²) in [7, 11) is 0. The molecule has 1 heteroatoms. The molecule has 9 unspecified atom stereocenters. The van der Waals surface area contributed by atoms with Gasteiger partial charge in [-0.2, -0.15) is 0 Å². The van der Waals surface area contributed by atoms with Gasteiger partial charge in [-0.05, 0) is 121 Å². The van der Waals surface area contributed by atoms with Gasteiger partial charge in [0.25, 0.3) is 0 Å². The first kappa shape index (κ1) is 21.2. The monoisotopic (exact) mass is 424 g/mol. The molecule has 0 bridgehead atoms. The average molecular weight is 425 g/mol. The van der Waals surface area contributed by atoms with Crippen molar-refractivity contribution in [3.8, 4) is 0 Å². The number of carbonyl (C=O) groups is 1. The summed E-state index contributed by atoms with van der Waals surface area (Å²) >= 11 is 0. The van der Waals surface area contributed by atoms with E-state index < -0.39 is 0 Å². The fourth-order valence-corrected chi connectivity index (χ4v) is 11.9. The van der Waals surface area contributed by atoms with E-state index in [1.54, 1.807) is 0 Å². The van der Waals surface area contributed by atoms with Gasteiger partial charge in [0.05, 0.1) is 0 Å². The van der Waals surface area contributed by atoms with E-state index in [2.05, 4.69) is 48.5 Å². The van der Waals surface area contributed by atoms with Crippen LogP contribution in [0.3, 0.4) is 0 Å². The summed E-state index contributed by atoms with van der Waals surface area (Å²) in [6.07, 6.45) is 16.1. The molecule has 6 fully saturated rings. The van der Waals surface area contributed by atoms with Crippen LogP contribution in [0, 0.1) is 55.7 Å². The molecule has 0 amide bonds. The molecular weight excluding hydrogens is 376 g/mol. The third-order valence-corrected chi connectivity index (χ3v) is 14.3. The fourth-order valence-electron chi connectivity index (χ4n) is 11.9. The molecule has 1 nitrogen and oxygen atoms in total. The van der Waals surface area contributed by atoms with Crippen LogP contribution in [0.1, 0.15) is 126 Å². The normalized spacial score (nSPS) is 61.9. The number of Topliss-reactive ketones (excluding diaryl/α,β-unsaturated/α-hetero) is 1. The molecule has 0 aromatic heterocycles. The Labute approximate surface area is 191 Å². The van der Waals surface area contributed by atoms with Crippen LogP contribution in [-0.4, -0.2) is 5.78 Å². The zero-order valence-corrected chi connectivity index (χ0v) is 21.6. The molecule has 0 aliphatic heterocycles. The molecule has 174 valence electrons. The van der Waals surface area contributed by atoms with Crippen molar-refractivity contribution in [1.29, 1.82) is 0 Å². The smallest absolute Gasteiger partial charge is 0.139 e. The molecule has 9 atom stereocenters. The highest BCUT2D eigenvalue weighted by Gasteiger charge is 2.79. The molecule has 0 radical (unpaired) electrons. The minimum Gasteiger partial charge on any atom is -0.299 e. The van der Waals surface area contributed by atoms with Crippen LogP contribution in [0.4, 0.5) is 0 Å². The van der Waals surface area contributed by atoms with E-state index >= 15 is 0 Å². The summed E-state index contributed by atoms with van der Waals surface area (Å²) in [4.78, 5) is 12.9. The van der Waals surface area contributed by atoms with Gasteiger partial charge < -0.3 is 0 Å². The number of fused-ring (bicyclic) bond motifs is 6. The summed E-state index contributed by atoms with van der Waals surface area (Å²) in [6, 6.07) is 0. The summed E-state index contributed by atoms with van der Waals surface area (Å²) in [6.45, 7) is 18.3. The summed E-state index contributed by atoms with van der Waals surface area (Å²) < 4.78 is 0. The molecule has 1 spiro atoms. The number of ketones is 1. The van der Waals surface area contributed by atoms with Crippen LogP contribution in [0.2, 0.25) is 0 Å². The molecule has 0 aromatic rings. The minimum atomic E-state index is 0.0457. The van der Waals surface area contributed by atoms with Crippen LogP contribution in [0.25, 0.3) is 0 Å². The van der Waals surface area contributed by atoms with Crippen LogP contribution >= 0.6 is 0 Å². The molecule has 0 saturated heterocycles. The Morgan fingerprint density at radius 1 is 0.677 bits per heavy atom. The maximum absolute atomic E-state index is 12.9. The Hall–Kier alpha value is -0.330. The third kappa shape index (κ3) is 2.24. The maximum Gasteiger partial charge on any atom is 0.139 e. The SMILES string of the molecule is CC1(C)CCC2(C)CCC3(C)C4CCC56CC5(C)C(=O)CCC6C4(C)CCC3(C)C2C1. The molecular formula is C30H48O. The molecule has 6 aliphatic rings. The molecule has 0 N–H and O–H groups in total. The van der Waals surface area contributed by atoms with E-state index in [9.17, 15) is 4.79 Å². The Morgan fingerprint density at radius 3 is 2.06 bits per heavy atom. The number of rotatable bonds is 0. The quantitative estimate of drug-likeness (QED) is 0.383. The first-order valence-corrected chi connectivity index (χ1v) is 13.8. The highest BCUT2D eigenvalue weighted by molar-refractivity contribution is 5.90. The summed E-state index contributed by atoms with van der Waals surface area (Å²) in [5, 5.41) is 0. The molecule has 6 aliphatic carbocycles. The van der Waals surface area contributed by atoms with Crippen molar-refractivity contribution in [3.63, 3.8) is 0 Å². The van der Waals surface area contributed by atoms with E-state index in [4.69, 9.17) is 0 Å². The van der Waals surface area contributed by atoms with E-state index in [1.807, 2.05) is 0 Å². The van der Waals surface area contributed by atoms with Crippen molar-refractivity contribution < 1.29 is 4.79 Å². The second-order valence-corrected chi connectivity index (χ2v) is 15.7. The van der Waals surface area contributed by atoms with E-state index in [-0.39, 0.29) is 5.41 Å². The predicted molar refractivity (Wildman–Crippen MR) is 128 cm³/mol. The van der Waals surface area contributed by atoms with Gasteiger partial charge in [0.1, 0.15) is 5.78 Å². The lowest BCUT2D eigenvalue weighted by Crippen LogP contribution is -2.66. The average Bonchev–Trinajstić information content (AvgIpc) is 3.32. The van der Waals surface area contributed by atoms with Crippen molar-refractivity contribution in [2.75, 3.05) is 0 Å². The summed E-state index contributed by atoms with van der Waals surface area (Å²) in [5.74, 6) is 3.17. The second-order valence-electron chi connectivity index (χ2n) is 15.7. The van der Waals surface area contributed by atoms with Crippen molar-refractivity contribution in [2.24, 2.45) is 55.7 Å². The van der Waals surface area contributed by atoms with Crippen molar-refractivity contribution in [2.45, 2.75) is 126 Å². The van der Waals surface area contributed by atoms with E-state index in [0.29, 0.717) is 38.3 Å². The van der Waals surface area contributed by atoms with Gasteiger partial charge in [-0.3, -0.25) is 4.79 Å².